The standard InChI is InChI=1S/C15H17ClO3S/c1-19-14(18)8-15(6-7-15)10-20-9-13(17)11-4-2-3-5-12(11)16/h2-5H,6-10H2,1H3. The van der Waals surface area contributed by atoms with Crippen LogP contribution in [0.3, 0.4) is 0 Å². The molecule has 0 spiro atoms. The van der Waals surface area contributed by atoms with Crippen molar-refractivity contribution in [2.24, 2.45) is 5.41 Å². The first-order chi connectivity index (χ1) is 9.56. The van der Waals surface area contributed by atoms with Gasteiger partial charge in [-0.1, -0.05) is 23.7 Å². The van der Waals surface area contributed by atoms with Gasteiger partial charge in [0.2, 0.25) is 0 Å². The van der Waals surface area contributed by atoms with E-state index >= 15 is 0 Å². The van der Waals surface area contributed by atoms with Crippen LogP contribution >= 0.6 is 23.4 Å². The number of thioether (sulfide) groups is 1. The fraction of sp³-hybridized carbons (Fsp3) is 0.467. The minimum absolute atomic E-state index is 0.0365. The SMILES string of the molecule is COC(=O)CC1(CSCC(=O)c2ccccc2Cl)CC1. The smallest absolute Gasteiger partial charge is 0.306 e. The highest BCUT2D eigenvalue weighted by Crippen LogP contribution is 2.51. The van der Waals surface area contributed by atoms with Gasteiger partial charge in [0.05, 0.1) is 24.3 Å². The van der Waals surface area contributed by atoms with Crippen molar-refractivity contribution < 1.29 is 14.3 Å². The second-order valence-corrected chi connectivity index (χ2v) is 6.54. The Balaban J connectivity index is 1.80. The molecule has 20 heavy (non-hydrogen) atoms. The normalized spacial score (nSPS) is 15.7. The van der Waals surface area contributed by atoms with Crippen molar-refractivity contribution in [2.75, 3.05) is 18.6 Å². The van der Waals surface area contributed by atoms with Crippen LogP contribution in [0.25, 0.3) is 0 Å². The molecule has 1 aromatic rings. The lowest BCUT2D eigenvalue weighted by Gasteiger charge is -2.12. The molecule has 0 heterocycles. The van der Waals surface area contributed by atoms with Crippen LogP contribution in [-0.2, 0) is 9.53 Å². The molecule has 108 valence electrons. The van der Waals surface area contributed by atoms with E-state index in [4.69, 9.17) is 16.3 Å². The second kappa shape index (κ2) is 6.64. The van der Waals surface area contributed by atoms with E-state index in [2.05, 4.69) is 0 Å². The Kier molecular flexibility index (Phi) is 5.11. The van der Waals surface area contributed by atoms with Crippen molar-refractivity contribution in [3.63, 3.8) is 0 Å². The van der Waals surface area contributed by atoms with Gasteiger partial charge in [-0.15, -0.1) is 0 Å². The summed E-state index contributed by atoms with van der Waals surface area (Å²) in [6.07, 6.45) is 2.53. The van der Waals surface area contributed by atoms with Crippen LogP contribution < -0.4 is 0 Å². The molecule has 0 aromatic heterocycles. The molecule has 5 heteroatoms. The van der Waals surface area contributed by atoms with Crippen molar-refractivity contribution in [1.82, 2.24) is 0 Å². The number of esters is 1. The van der Waals surface area contributed by atoms with Gasteiger partial charge in [-0.3, -0.25) is 9.59 Å². The first-order valence-electron chi connectivity index (χ1n) is 6.49. The molecular weight excluding hydrogens is 296 g/mol. The van der Waals surface area contributed by atoms with Gasteiger partial charge in [0.15, 0.2) is 5.78 Å². The number of carbonyl (C=O) groups excluding carboxylic acids is 2. The summed E-state index contributed by atoms with van der Waals surface area (Å²) >= 11 is 7.57. The van der Waals surface area contributed by atoms with E-state index in [1.165, 1.54) is 7.11 Å². The van der Waals surface area contributed by atoms with Crippen LogP contribution in [0.4, 0.5) is 0 Å². The molecule has 1 fully saturated rings. The summed E-state index contributed by atoms with van der Waals surface area (Å²) < 4.78 is 4.71. The lowest BCUT2D eigenvalue weighted by Crippen LogP contribution is -2.14. The Morgan fingerprint density at radius 1 is 1.35 bits per heavy atom. The summed E-state index contributed by atoms with van der Waals surface area (Å²) in [5.41, 5.74) is 0.623. The Hall–Kier alpha value is -1.00. The first kappa shape index (κ1) is 15.4. The Bertz CT molecular complexity index is 512. The molecule has 0 aliphatic heterocycles. The molecule has 0 atom stereocenters. The van der Waals surface area contributed by atoms with Gasteiger partial charge < -0.3 is 4.74 Å². The third-order valence-corrected chi connectivity index (χ3v) is 5.13. The molecule has 0 radical (unpaired) electrons. The summed E-state index contributed by atoms with van der Waals surface area (Å²) in [4.78, 5) is 23.4. The predicted octanol–water partition coefficient (Wildman–Crippen LogP) is 3.60. The van der Waals surface area contributed by atoms with Crippen molar-refractivity contribution in [3.8, 4) is 0 Å². The van der Waals surface area contributed by atoms with Crippen LogP contribution in [0.2, 0.25) is 5.02 Å². The van der Waals surface area contributed by atoms with Crippen molar-refractivity contribution in [1.29, 1.82) is 0 Å². The maximum Gasteiger partial charge on any atom is 0.306 e. The van der Waals surface area contributed by atoms with Gasteiger partial charge in [-0.25, -0.2) is 0 Å². The van der Waals surface area contributed by atoms with E-state index in [0.717, 1.165) is 18.6 Å². The van der Waals surface area contributed by atoms with Crippen LogP contribution in [0.5, 0.6) is 0 Å². The summed E-state index contributed by atoms with van der Waals surface area (Å²) in [6, 6.07) is 7.08. The van der Waals surface area contributed by atoms with Gasteiger partial charge >= 0.3 is 5.97 Å². The highest BCUT2D eigenvalue weighted by molar-refractivity contribution is 8.00. The summed E-state index contributed by atoms with van der Waals surface area (Å²) in [5, 5.41) is 0.494. The highest BCUT2D eigenvalue weighted by atomic mass is 35.5. The summed E-state index contributed by atoms with van der Waals surface area (Å²) in [7, 11) is 1.41. The molecule has 1 aliphatic carbocycles. The molecular formula is C15H17ClO3S. The molecule has 0 N–H and O–H groups in total. The quantitative estimate of drug-likeness (QED) is 0.570. The van der Waals surface area contributed by atoms with E-state index in [9.17, 15) is 9.59 Å². The number of hydrogen-bond acceptors (Lipinski definition) is 4. The van der Waals surface area contributed by atoms with Crippen molar-refractivity contribution in [2.45, 2.75) is 19.3 Å². The van der Waals surface area contributed by atoms with Crippen molar-refractivity contribution >= 4 is 35.1 Å². The Morgan fingerprint density at radius 2 is 2.05 bits per heavy atom. The van der Waals surface area contributed by atoms with Gasteiger partial charge in [0.25, 0.3) is 0 Å². The predicted molar refractivity (Wildman–Crippen MR) is 81.4 cm³/mol. The Morgan fingerprint density at radius 3 is 2.65 bits per heavy atom. The highest BCUT2D eigenvalue weighted by Gasteiger charge is 2.44. The topological polar surface area (TPSA) is 43.4 Å². The maximum absolute atomic E-state index is 12.1. The third kappa shape index (κ3) is 4.00. The zero-order chi connectivity index (χ0) is 14.6. The average Bonchev–Trinajstić information content (AvgIpc) is 3.18. The minimum Gasteiger partial charge on any atom is -0.469 e. The van der Waals surface area contributed by atoms with Gasteiger partial charge in [-0.2, -0.15) is 11.8 Å². The molecule has 1 saturated carbocycles. The fourth-order valence-corrected chi connectivity index (χ4v) is 3.56. The maximum atomic E-state index is 12.1. The Labute approximate surface area is 128 Å². The van der Waals surface area contributed by atoms with E-state index in [1.807, 2.05) is 12.1 Å². The first-order valence-corrected chi connectivity index (χ1v) is 8.02. The number of ketones is 1. The number of ether oxygens (including phenoxy) is 1. The minimum atomic E-state index is -0.166. The largest absolute Gasteiger partial charge is 0.469 e. The number of methoxy groups -OCH3 is 1. The fourth-order valence-electron chi connectivity index (χ4n) is 2.05. The molecule has 3 nitrogen and oxygen atoms in total. The van der Waals surface area contributed by atoms with E-state index < -0.39 is 0 Å². The number of carbonyl (C=O) groups is 2. The summed E-state index contributed by atoms with van der Waals surface area (Å²) in [5.74, 6) is 1.08. The van der Waals surface area contributed by atoms with Crippen molar-refractivity contribution in [3.05, 3.63) is 34.9 Å². The molecule has 0 bridgehead atoms. The number of rotatable bonds is 7. The second-order valence-electron chi connectivity index (χ2n) is 5.15. The van der Waals surface area contributed by atoms with Gasteiger partial charge in [0, 0.05) is 5.56 Å². The van der Waals surface area contributed by atoms with E-state index in [-0.39, 0.29) is 17.2 Å². The zero-order valence-corrected chi connectivity index (χ0v) is 12.9. The zero-order valence-electron chi connectivity index (χ0n) is 11.4. The third-order valence-electron chi connectivity index (χ3n) is 3.52. The van der Waals surface area contributed by atoms with Crippen LogP contribution in [0.1, 0.15) is 29.6 Å². The molecule has 0 saturated heterocycles. The molecule has 1 aliphatic rings. The molecule has 1 aromatic carbocycles. The monoisotopic (exact) mass is 312 g/mol. The van der Waals surface area contributed by atoms with Crippen LogP contribution in [-0.4, -0.2) is 30.4 Å². The molecule has 2 rings (SSSR count). The average molecular weight is 313 g/mol. The van der Waals surface area contributed by atoms with E-state index in [0.29, 0.717) is 22.8 Å². The van der Waals surface area contributed by atoms with E-state index in [1.54, 1.807) is 23.9 Å². The lowest BCUT2D eigenvalue weighted by atomic mass is 10.1. The number of hydrogen-bond donors (Lipinski definition) is 0. The molecule has 0 amide bonds. The number of benzene rings is 1. The van der Waals surface area contributed by atoms with Gasteiger partial charge in [0.1, 0.15) is 0 Å². The summed E-state index contributed by atoms with van der Waals surface area (Å²) in [6.45, 7) is 0. The molecule has 0 unspecified atom stereocenters. The van der Waals surface area contributed by atoms with Crippen LogP contribution in [0, 0.1) is 5.41 Å². The number of halogens is 1. The number of Topliss-reactive ketones (excluding diaryl/α,β-unsaturated/α-hetero) is 1. The van der Waals surface area contributed by atoms with Crippen LogP contribution in [0.15, 0.2) is 24.3 Å². The lowest BCUT2D eigenvalue weighted by molar-refractivity contribution is -0.141. The van der Waals surface area contributed by atoms with Gasteiger partial charge in [-0.05, 0) is 36.1 Å².